The fourth-order valence-electron chi connectivity index (χ4n) is 5.23. The highest BCUT2D eigenvalue weighted by Crippen LogP contribution is 2.63. The number of benzene rings is 3. The largest absolute Gasteiger partial charge is 0.357 e. The number of amides is 4. The summed E-state index contributed by atoms with van der Waals surface area (Å²) in [4.78, 5) is 38.4. The number of aromatic nitrogens is 6. The van der Waals surface area contributed by atoms with Gasteiger partial charge in [-0.1, -0.05) is 30.3 Å². The monoisotopic (exact) mass is 774 g/mol. The molecule has 2 heterocycles. The standard InChI is InChI=1S/C31H34F2N10O8P2/c1-19-6-15-24(38-30(44)42(28-34-17-36-40-28)26(52(46,48-2)49-3)20-7-11-22(32)12-8-20)16-25(19)39-31(45)43(29-35-18-37-41-29)27(53(47,50-4)51-5)21-9-13-23(33)14-10-21/h6-18,26-27H,1-5H3,(H,38,44)(H,39,45)(H,34,36,40)(H,35,37,41)/t26-,27+/m1/s1. The Morgan fingerprint density at radius 3 is 1.47 bits per heavy atom. The van der Waals surface area contributed by atoms with Crippen molar-refractivity contribution in [3.05, 3.63) is 108 Å². The minimum absolute atomic E-state index is 0.128. The first-order valence-corrected chi connectivity index (χ1v) is 18.6. The third-order valence-electron chi connectivity index (χ3n) is 7.87. The molecule has 2 atom stereocenters. The zero-order valence-corrected chi connectivity index (χ0v) is 30.5. The van der Waals surface area contributed by atoms with E-state index in [9.17, 15) is 27.5 Å². The summed E-state index contributed by atoms with van der Waals surface area (Å²) in [5, 5.41) is 18.2. The molecule has 0 spiro atoms. The molecule has 3 aromatic carbocycles. The Hall–Kier alpha value is -5.36. The molecule has 0 aliphatic carbocycles. The Bertz CT molecular complexity index is 2090. The van der Waals surface area contributed by atoms with Gasteiger partial charge in [0, 0.05) is 39.8 Å². The fourth-order valence-corrected chi connectivity index (χ4v) is 8.40. The predicted molar refractivity (Wildman–Crippen MR) is 188 cm³/mol. The van der Waals surface area contributed by atoms with Crippen LogP contribution in [0.1, 0.15) is 28.3 Å². The molecular formula is C31H34F2N10O8P2. The number of nitrogens with one attached hydrogen (secondary N) is 4. The van der Waals surface area contributed by atoms with Crippen LogP contribution in [-0.2, 0) is 27.2 Å². The Balaban J connectivity index is 1.52. The maximum Gasteiger partial charge on any atom is 0.357 e. The van der Waals surface area contributed by atoms with E-state index in [0.29, 0.717) is 5.56 Å². The number of urea groups is 2. The van der Waals surface area contributed by atoms with Crippen LogP contribution in [0.4, 0.5) is 41.6 Å². The molecule has 0 aliphatic heterocycles. The number of anilines is 4. The predicted octanol–water partition coefficient (Wildman–Crippen LogP) is 6.96. The second-order valence-corrected chi connectivity index (χ2v) is 15.5. The lowest BCUT2D eigenvalue weighted by molar-refractivity contribution is 0.247. The van der Waals surface area contributed by atoms with E-state index >= 15 is 0 Å². The van der Waals surface area contributed by atoms with Crippen LogP contribution in [0.5, 0.6) is 0 Å². The molecule has 0 fully saturated rings. The number of H-pyrrole nitrogens is 2. The minimum Gasteiger partial charge on any atom is -0.310 e. The van der Waals surface area contributed by atoms with E-state index in [-0.39, 0.29) is 34.4 Å². The van der Waals surface area contributed by atoms with Crippen LogP contribution in [0, 0.1) is 18.6 Å². The molecule has 18 nitrogen and oxygen atoms in total. The van der Waals surface area contributed by atoms with Gasteiger partial charge in [-0.05, 0) is 60.0 Å². The molecule has 0 unspecified atom stereocenters. The lowest BCUT2D eigenvalue weighted by Crippen LogP contribution is -2.40. The Kier molecular flexibility index (Phi) is 12.1. The topological polar surface area (TPSA) is 219 Å². The molecule has 5 rings (SSSR count). The molecule has 53 heavy (non-hydrogen) atoms. The van der Waals surface area contributed by atoms with Crippen molar-refractivity contribution in [3.63, 3.8) is 0 Å². The van der Waals surface area contributed by atoms with Crippen molar-refractivity contribution in [2.45, 2.75) is 18.5 Å². The highest BCUT2D eigenvalue weighted by Gasteiger charge is 2.46. The Morgan fingerprint density at radius 2 is 1.09 bits per heavy atom. The number of hydrogen-bond acceptors (Lipinski definition) is 12. The molecule has 0 radical (unpaired) electrons. The van der Waals surface area contributed by atoms with Gasteiger partial charge in [0.25, 0.3) is 0 Å². The van der Waals surface area contributed by atoms with E-state index in [1.165, 1.54) is 36.4 Å². The number of nitrogens with zero attached hydrogens (tertiary/aromatic N) is 6. The van der Waals surface area contributed by atoms with Crippen molar-refractivity contribution in [1.82, 2.24) is 30.4 Å². The van der Waals surface area contributed by atoms with Crippen LogP contribution >= 0.6 is 15.2 Å². The van der Waals surface area contributed by atoms with Gasteiger partial charge >= 0.3 is 27.3 Å². The van der Waals surface area contributed by atoms with E-state index < -0.39 is 50.5 Å². The molecule has 22 heteroatoms. The quantitative estimate of drug-likeness (QED) is 0.0842. The van der Waals surface area contributed by atoms with Crippen LogP contribution in [0.3, 0.4) is 0 Å². The van der Waals surface area contributed by atoms with Gasteiger partial charge in [-0.3, -0.25) is 9.13 Å². The van der Waals surface area contributed by atoms with Crippen LogP contribution in [-0.4, -0.2) is 70.9 Å². The van der Waals surface area contributed by atoms with Gasteiger partial charge in [-0.25, -0.2) is 38.4 Å². The van der Waals surface area contributed by atoms with Gasteiger partial charge < -0.3 is 28.7 Å². The number of aromatic amines is 2. The normalized spacial score (nSPS) is 12.9. The van der Waals surface area contributed by atoms with Crippen molar-refractivity contribution in [2.24, 2.45) is 0 Å². The van der Waals surface area contributed by atoms with Gasteiger partial charge in [-0.15, -0.1) is 0 Å². The number of carbonyl (C=O) groups excluding carboxylic acids is 2. The van der Waals surface area contributed by atoms with Crippen molar-refractivity contribution >= 4 is 50.5 Å². The molecule has 0 bridgehead atoms. The highest BCUT2D eigenvalue weighted by molar-refractivity contribution is 7.54. The zero-order valence-electron chi connectivity index (χ0n) is 28.8. The summed E-state index contributed by atoms with van der Waals surface area (Å²) < 4.78 is 76.9. The minimum atomic E-state index is -4.20. The summed E-state index contributed by atoms with van der Waals surface area (Å²) in [6.07, 6.45) is 2.24. The molecule has 2 aromatic heterocycles. The summed E-state index contributed by atoms with van der Waals surface area (Å²) in [5.41, 5.74) is 1.17. The van der Waals surface area contributed by atoms with Crippen LogP contribution in [0.25, 0.3) is 0 Å². The molecule has 0 saturated heterocycles. The highest BCUT2D eigenvalue weighted by atomic mass is 31.2. The zero-order chi connectivity index (χ0) is 38.3. The van der Waals surface area contributed by atoms with Crippen molar-refractivity contribution in [1.29, 1.82) is 0 Å². The van der Waals surface area contributed by atoms with Crippen molar-refractivity contribution in [2.75, 3.05) is 48.9 Å². The van der Waals surface area contributed by atoms with Gasteiger partial charge in [0.05, 0.1) is 0 Å². The van der Waals surface area contributed by atoms with Gasteiger partial charge in [0.15, 0.2) is 11.6 Å². The Morgan fingerprint density at radius 1 is 0.679 bits per heavy atom. The van der Waals surface area contributed by atoms with E-state index in [1.54, 1.807) is 13.0 Å². The SMILES string of the molecule is COP(=O)(OC)[C@H](c1ccc(F)cc1)N(C(=O)Nc1ccc(C)c(NC(=O)N(c2ncn[nH]2)[C@H](c2ccc(F)cc2)P(=O)(OC)OC)c1)c1ncn[nH]1. The second-order valence-electron chi connectivity index (χ2n) is 10.9. The summed E-state index contributed by atoms with van der Waals surface area (Å²) >= 11 is 0. The molecule has 5 aromatic rings. The number of aryl methyl sites for hydroxylation is 1. The number of carbonyl (C=O) groups is 2. The summed E-state index contributed by atoms with van der Waals surface area (Å²) in [7, 11) is -3.87. The van der Waals surface area contributed by atoms with Crippen molar-refractivity contribution < 1.29 is 45.6 Å². The van der Waals surface area contributed by atoms with Gasteiger partial charge in [-0.2, -0.15) is 20.2 Å². The first-order chi connectivity index (χ1) is 25.4. The van der Waals surface area contributed by atoms with Crippen LogP contribution in [0.2, 0.25) is 0 Å². The lowest BCUT2D eigenvalue weighted by atomic mass is 10.1. The Labute approximate surface area is 301 Å². The number of rotatable bonds is 14. The molecule has 0 aliphatic rings. The van der Waals surface area contributed by atoms with Gasteiger partial charge in [0.1, 0.15) is 24.3 Å². The number of hydrogen-bond donors (Lipinski definition) is 4. The first-order valence-electron chi connectivity index (χ1n) is 15.3. The second kappa shape index (κ2) is 16.5. The molecular weight excluding hydrogens is 740 g/mol. The van der Waals surface area contributed by atoms with Gasteiger partial charge in [0.2, 0.25) is 11.9 Å². The summed E-state index contributed by atoms with van der Waals surface area (Å²) in [5.74, 6) is -4.48. The van der Waals surface area contributed by atoms with Crippen LogP contribution in [0.15, 0.2) is 79.4 Å². The lowest BCUT2D eigenvalue weighted by Gasteiger charge is -2.33. The molecule has 0 saturated carbocycles. The average Bonchev–Trinajstić information content (AvgIpc) is 3.90. The smallest absolute Gasteiger partial charge is 0.310 e. The van der Waals surface area contributed by atoms with E-state index in [2.05, 4.69) is 41.0 Å². The maximum absolute atomic E-state index is 14.2. The maximum atomic E-state index is 14.2. The fraction of sp³-hybridized carbons (Fsp3) is 0.226. The molecule has 280 valence electrons. The van der Waals surface area contributed by atoms with E-state index in [4.69, 9.17) is 18.1 Å². The average molecular weight is 775 g/mol. The van der Waals surface area contributed by atoms with E-state index in [0.717, 1.165) is 75.2 Å². The molecule has 4 amide bonds. The summed E-state index contributed by atoms with van der Waals surface area (Å²) in [6, 6.07) is 12.4. The van der Waals surface area contributed by atoms with E-state index in [1.807, 2.05) is 0 Å². The number of halogens is 2. The third-order valence-corrected chi connectivity index (χ3v) is 12.2. The first kappa shape index (κ1) is 38.9. The van der Waals surface area contributed by atoms with Crippen molar-refractivity contribution in [3.8, 4) is 0 Å². The summed E-state index contributed by atoms with van der Waals surface area (Å²) in [6.45, 7) is 1.67. The van der Waals surface area contributed by atoms with Crippen LogP contribution < -0.4 is 20.4 Å². The molecule has 4 N–H and O–H groups in total. The third kappa shape index (κ3) is 8.33.